The van der Waals surface area contributed by atoms with Gasteiger partial charge in [0.25, 0.3) is 16.7 Å². The molecule has 7 rings (SSSR count). The quantitative estimate of drug-likeness (QED) is 0.158. The van der Waals surface area contributed by atoms with Crippen LogP contribution in [0.1, 0.15) is 5.56 Å². The lowest BCUT2D eigenvalue weighted by Crippen LogP contribution is -2.37. The van der Waals surface area contributed by atoms with Gasteiger partial charge in [0.2, 0.25) is 5.95 Å². The average molecular weight is 776 g/mol. The fourth-order valence-electron chi connectivity index (χ4n) is 4.54. The lowest BCUT2D eigenvalue weighted by Gasteiger charge is -2.01. The normalized spacial score (nSPS) is 10.1. The second-order valence-corrected chi connectivity index (χ2v) is 11.8. The molecule has 23 heteroatoms. The average Bonchev–Trinajstić information content (AvgIpc) is 3.77. The number of rotatable bonds is 3. The standard InChI is InChI=1S/C7H9N5O.C7H9N5.C7H10N2O2.C6H9N3O.C6H8N2O2/c1-8-7-10-5-4(6(13)11-7)9-3-12(5)2;1-8-6-5-7(10-3-9-6)12(2)4-11-5;1-5-4-8(2)7(11)9(3)6(5)10;1-7-5-3-4-9(2)6(10)8-5;1-7-4-3-5(9)8(2)6(7)10/h3H,1-2H3,(H2,8,10,11,13);3-4H,1-2H3,(H,8,9,10);4H,1-3H3;3-4H,1-2H3,(H,7,8,10);3-4H,1-2H3. The summed E-state index contributed by atoms with van der Waals surface area (Å²) >= 11 is 0. The Morgan fingerprint density at radius 1 is 0.607 bits per heavy atom. The van der Waals surface area contributed by atoms with Crippen molar-refractivity contribution in [1.82, 2.24) is 66.9 Å². The third kappa shape index (κ3) is 10.4. The molecule has 0 unspecified atom stereocenters. The number of H-pyrrole nitrogens is 1. The van der Waals surface area contributed by atoms with E-state index in [1.165, 1.54) is 52.6 Å². The molecular weight excluding hydrogens is 730 g/mol. The van der Waals surface area contributed by atoms with Crippen LogP contribution in [-0.2, 0) is 49.3 Å². The molecule has 23 nitrogen and oxygen atoms in total. The van der Waals surface area contributed by atoms with E-state index in [4.69, 9.17) is 0 Å². The summed E-state index contributed by atoms with van der Waals surface area (Å²) in [7, 11) is 16.7. The van der Waals surface area contributed by atoms with Crippen molar-refractivity contribution in [2.75, 3.05) is 37.1 Å². The fraction of sp³-hybridized carbons (Fsp3) is 0.333. The first-order valence-electron chi connectivity index (χ1n) is 16.5. The summed E-state index contributed by atoms with van der Waals surface area (Å²) in [5.41, 5.74) is 1.60. The zero-order valence-electron chi connectivity index (χ0n) is 32.9. The van der Waals surface area contributed by atoms with E-state index in [-0.39, 0.29) is 33.7 Å². The third-order valence-corrected chi connectivity index (χ3v) is 7.75. The number of nitrogens with one attached hydrogen (secondary N) is 4. The monoisotopic (exact) mass is 775 g/mol. The van der Waals surface area contributed by atoms with E-state index in [0.29, 0.717) is 28.5 Å². The Morgan fingerprint density at radius 2 is 1.21 bits per heavy atom. The molecule has 7 aromatic rings. The molecule has 0 atom stereocenters. The number of aryl methyl sites for hydroxylation is 6. The Labute approximate surface area is 317 Å². The maximum atomic E-state index is 11.4. The van der Waals surface area contributed by atoms with E-state index in [1.807, 2.05) is 18.7 Å². The summed E-state index contributed by atoms with van der Waals surface area (Å²) in [5, 5.41) is 8.50. The largest absolute Gasteiger partial charge is 0.373 e. The summed E-state index contributed by atoms with van der Waals surface area (Å²) in [6.07, 6.45) is 9.46. The number of aromatic amines is 1. The van der Waals surface area contributed by atoms with Gasteiger partial charge < -0.3 is 38.8 Å². The van der Waals surface area contributed by atoms with Gasteiger partial charge in [-0.2, -0.15) is 9.97 Å². The first-order valence-corrected chi connectivity index (χ1v) is 16.5. The number of anilines is 3. The maximum absolute atomic E-state index is 11.4. The maximum Gasteiger partial charge on any atom is 0.349 e. The van der Waals surface area contributed by atoms with Crippen molar-refractivity contribution in [2.24, 2.45) is 49.3 Å². The van der Waals surface area contributed by atoms with Gasteiger partial charge in [-0.05, 0) is 13.0 Å². The van der Waals surface area contributed by atoms with Crippen LogP contribution in [0.25, 0.3) is 22.3 Å². The molecule has 0 aliphatic rings. The molecule has 56 heavy (non-hydrogen) atoms. The number of fused-ring (bicyclic) bond motifs is 2. The van der Waals surface area contributed by atoms with Crippen molar-refractivity contribution in [2.45, 2.75) is 6.92 Å². The molecule has 298 valence electrons. The van der Waals surface area contributed by atoms with Crippen LogP contribution < -0.4 is 49.7 Å². The zero-order valence-corrected chi connectivity index (χ0v) is 32.9. The van der Waals surface area contributed by atoms with E-state index in [0.717, 1.165) is 26.1 Å². The van der Waals surface area contributed by atoms with Gasteiger partial charge in [-0.15, -0.1) is 0 Å². The van der Waals surface area contributed by atoms with Crippen LogP contribution in [-0.4, -0.2) is 88.0 Å². The zero-order chi connectivity index (χ0) is 41.9. The van der Waals surface area contributed by atoms with Crippen LogP contribution in [0, 0.1) is 6.92 Å². The Morgan fingerprint density at radius 3 is 1.80 bits per heavy atom. The van der Waals surface area contributed by atoms with Crippen LogP contribution in [0.4, 0.5) is 17.6 Å². The van der Waals surface area contributed by atoms with E-state index >= 15 is 0 Å². The molecule has 4 N–H and O–H groups in total. The number of aromatic nitrogens is 14. The number of imidazole rings is 2. The summed E-state index contributed by atoms with van der Waals surface area (Å²) in [6, 6.07) is 3.09. The number of hydrogen-bond donors (Lipinski definition) is 4. The van der Waals surface area contributed by atoms with Crippen LogP contribution in [0.2, 0.25) is 0 Å². The summed E-state index contributed by atoms with van der Waals surface area (Å²) in [5.74, 6) is 1.81. The molecule has 7 heterocycles. The second-order valence-electron chi connectivity index (χ2n) is 11.8. The Hall–Kier alpha value is -7.46. The highest BCUT2D eigenvalue weighted by Crippen LogP contribution is 2.14. The van der Waals surface area contributed by atoms with Crippen molar-refractivity contribution in [3.63, 3.8) is 0 Å². The van der Waals surface area contributed by atoms with Crippen molar-refractivity contribution < 1.29 is 0 Å². The van der Waals surface area contributed by atoms with Gasteiger partial charge in [0, 0.05) is 101 Å². The fourth-order valence-corrected chi connectivity index (χ4v) is 4.54. The second kappa shape index (κ2) is 19.0. The predicted molar refractivity (Wildman–Crippen MR) is 212 cm³/mol. The van der Waals surface area contributed by atoms with Crippen LogP contribution in [0.15, 0.2) is 78.5 Å². The lowest BCUT2D eigenvalue weighted by molar-refractivity contribution is 0.677. The van der Waals surface area contributed by atoms with Gasteiger partial charge in [0.05, 0.1) is 12.7 Å². The van der Waals surface area contributed by atoms with E-state index in [9.17, 15) is 28.8 Å². The Balaban J connectivity index is 0.000000189. The minimum absolute atomic E-state index is 0.227. The van der Waals surface area contributed by atoms with Gasteiger partial charge >= 0.3 is 17.1 Å². The van der Waals surface area contributed by atoms with Gasteiger partial charge in [0.1, 0.15) is 17.7 Å². The highest BCUT2D eigenvalue weighted by Gasteiger charge is 2.07. The molecule has 0 bridgehead atoms. The molecule has 0 amide bonds. The van der Waals surface area contributed by atoms with Crippen molar-refractivity contribution in [1.29, 1.82) is 0 Å². The Bertz CT molecular complexity index is 2770. The highest BCUT2D eigenvalue weighted by molar-refractivity contribution is 5.82. The minimum Gasteiger partial charge on any atom is -0.373 e. The van der Waals surface area contributed by atoms with Gasteiger partial charge in [-0.25, -0.2) is 34.3 Å². The van der Waals surface area contributed by atoms with Crippen LogP contribution in [0.5, 0.6) is 0 Å². The van der Waals surface area contributed by atoms with Crippen molar-refractivity contribution in [3.05, 3.63) is 118 Å². The SMILES string of the molecule is CNc1ccn(C)c(=O)n1.CNc1nc2c(ncn2C)c(=O)[nH]1.CNc1ncnc2c1ncn2C.Cc1cn(C)c(=O)n(C)c1=O.Cn1ccc(=O)n(C)c1=O. The van der Waals surface area contributed by atoms with Crippen molar-refractivity contribution in [3.8, 4) is 0 Å². The molecule has 0 aliphatic heterocycles. The van der Waals surface area contributed by atoms with Crippen LogP contribution in [0.3, 0.4) is 0 Å². The highest BCUT2D eigenvalue weighted by atomic mass is 16.2. The summed E-state index contributed by atoms with van der Waals surface area (Å²) in [6.45, 7) is 1.68. The topological polar surface area (TPSA) is 266 Å². The molecule has 0 spiro atoms. The van der Waals surface area contributed by atoms with Gasteiger partial charge in [-0.3, -0.25) is 28.5 Å². The molecule has 0 fully saturated rings. The minimum atomic E-state index is -0.299. The molecule has 0 saturated heterocycles. The van der Waals surface area contributed by atoms with E-state index in [2.05, 4.69) is 50.8 Å². The lowest BCUT2D eigenvalue weighted by atomic mass is 10.4. The van der Waals surface area contributed by atoms with E-state index in [1.54, 1.807) is 78.7 Å². The van der Waals surface area contributed by atoms with Crippen molar-refractivity contribution >= 4 is 39.9 Å². The molecule has 0 radical (unpaired) electrons. The Kier molecular flexibility index (Phi) is 14.6. The third-order valence-electron chi connectivity index (χ3n) is 7.75. The first-order chi connectivity index (χ1) is 26.4. The van der Waals surface area contributed by atoms with Gasteiger partial charge in [0.15, 0.2) is 22.6 Å². The molecule has 0 saturated carbocycles. The number of nitrogens with zero attached hydrogens (tertiary/aromatic N) is 13. The summed E-state index contributed by atoms with van der Waals surface area (Å²) < 4.78 is 9.86. The molecule has 7 aromatic heterocycles. The predicted octanol–water partition coefficient (Wildman–Crippen LogP) is -1.60. The first kappa shape index (κ1) is 42.9. The molecular formula is C33H45N17O6. The smallest absolute Gasteiger partial charge is 0.349 e. The summed E-state index contributed by atoms with van der Waals surface area (Å²) in [4.78, 5) is 92.6. The number of hydrogen-bond acceptors (Lipinski definition) is 15. The molecule has 0 aliphatic carbocycles. The molecule has 0 aromatic carbocycles. The van der Waals surface area contributed by atoms with Crippen LogP contribution >= 0.6 is 0 Å². The van der Waals surface area contributed by atoms with E-state index < -0.39 is 0 Å². The van der Waals surface area contributed by atoms with Gasteiger partial charge in [-0.1, -0.05) is 0 Å².